The van der Waals surface area contributed by atoms with Crippen LogP contribution in [0, 0.1) is 0 Å². The van der Waals surface area contributed by atoms with Crippen molar-refractivity contribution in [3.05, 3.63) is 101 Å². The third-order valence-corrected chi connectivity index (χ3v) is 8.53. The fourth-order valence-electron chi connectivity index (χ4n) is 4.91. The van der Waals surface area contributed by atoms with E-state index in [1.54, 1.807) is 62.4 Å². The number of esters is 2. The van der Waals surface area contributed by atoms with E-state index in [1.165, 1.54) is 30.1 Å². The van der Waals surface area contributed by atoms with Gasteiger partial charge in [0.1, 0.15) is 11.5 Å². The Hall–Kier alpha value is -4.42. The second kappa shape index (κ2) is 13.1. The SMILES string of the molecule is CCOC(=O)C1=C(C)N=c2s/c(=C/c3ccc(-c4cccc(C(=O)OC)c4)o3)c(=O)n2[C@@H]1c1cc(OC)c(OCC)cc1Br. The lowest BCUT2D eigenvalue weighted by Gasteiger charge is -2.26. The van der Waals surface area contributed by atoms with Gasteiger partial charge < -0.3 is 23.4 Å². The molecule has 44 heavy (non-hydrogen) atoms. The Morgan fingerprint density at radius 2 is 1.86 bits per heavy atom. The molecule has 2 aromatic carbocycles. The van der Waals surface area contributed by atoms with Gasteiger partial charge in [0, 0.05) is 16.1 Å². The Morgan fingerprint density at radius 3 is 2.57 bits per heavy atom. The molecule has 2 aromatic heterocycles. The van der Waals surface area contributed by atoms with Gasteiger partial charge in [0.05, 0.1) is 54.8 Å². The van der Waals surface area contributed by atoms with Gasteiger partial charge in [-0.2, -0.15) is 0 Å². The number of hydrogen-bond donors (Lipinski definition) is 0. The van der Waals surface area contributed by atoms with E-state index in [0.717, 1.165) is 0 Å². The first-order chi connectivity index (χ1) is 21.2. The lowest BCUT2D eigenvalue weighted by atomic mass is 9.95. The van der Waals surface area contributed by atoms with Crippen molar-refractivity contribution in [2.45, 2.75) is 26.8 Å². The number of thiazole rings is 1. The van der Waals surface area contributed by atoms with E-state index in [-0.39, 0.29) is 17.7 Å². The number of carbonyl (C=O) groups excluding carboxylic acids is 2. The predicted octanol–water partition coefficient (Wildman–Crippen LogP) is 5.01. The van der Waals surface area contributed by atoms with E-state index >= 15 is 0 Å². The summed E-state index contributed by atoms with van der Waals surface area (Å²) < 4.78 is 30.0. The van der Waals surface area contributed by atoms with Crippen molar-refractivity contribution in [1.29, 1.82) is 0 Å². The van der Waals surface area contributed by atoms with Crippen LogP contribution in [0.1, 0.15) is 48.5 Å². The first kappa shape index (κ1) is 31.0. The zero-order valence-electron chi connectivity index (χ0n) is 24.6. The minimum Gasteiger partial charge on any atom is -0.493 e. The second-order valence-electron chi connectivity index (χ2n) is 9.53. The van der Waals surface area contributed by atoms with Crippen LogP contribution in [-0.4, -0.2) is 43.9 Å². The van der Waals surface area contributed by atoms with Gasteiger partial charge in [-0.1, -0.05) is 39.4 Å². The molecule has 5 rings (SSSR count). The average Bonchev–Trinajstić information content (AvgIpc) is 3.60. The number of furan rings is 1. The predicted molar refractivity (Wildman–Crippen MR) is 168 cm³/mol. The number of halogens is 1. The molecule has 0 unspecified atom stereocenters. The number of benzene rings is 2. The molecule has 1 aliphatic heterocycles. The van der Waals surface area contributed by atoms with Gasteiger partial charge in [0.25, 0.3) is 5.56 Å². The molecular formula is C32H29BrN2O8S. The number of aromatic nitrogens is 1. The Kier molecular flexibility index (Phi) is 9.21. The number of methoxy groups -OCH3 is 2. The topological polar surface area (TPSA) is 119 Å². The molecule has 0 aliphatic carbocycles. The van der Waals surface area contributed by atoms with E-state index in [2.05, 4.69) is 20.9 Å². The zero-order valence-corrected chi connectivity index (χ0v) is 27.0. The summed E-state index contributed by atoms with van der Waals surface area (Å²) >= 11 is 4.80. The standard InChI is InChI=1S/C32H29BrN2O8S/c1-6-41-25-16-22(33)21(15-24(25)39-4)28-27(31(38)42-7-2)17(3)34-32-35(28)29(36)26(44-32)14-20-11-12-23(43-20)18-9-8-10-19(13-18)30(37)40-5/h8-16,28H,6-7H2,1-5H3/b26-14+/t28-/m1/s1. The zero-order chi connectivity index (χ0) is 31.5. The van der Waals surface area contributed by atoms with Gasteiger partial charge in [-0.25, -0.2) is 14.6 Å². The van der Waals surface area contributed by atoms with Crippen molar-refractivity contribution in [2.75, 3.05) is 27.4 Å². The number of fused-ring (bicyclic) bond motifs is 1. The third-order valence-electron chi connectivity index (χ3n) is 6.86. The maximum absolute atomic E-state index is 14.0. The molecule has 0 radical (unpaired) electrons. The molecule has 0 saturated carbocycles. The normalized spacial score (nSPS) is 14.6. The van der Waals surface area contributed by atoms with Crippen LogP contribution in [0.4, 0.5) is 0 Å². The highest BCUT2D eigenvalue weighted by atomic mass is 79.9. The number of nitrogens with zero attached hydrogens (tertiary/aromatic N) is 2. The molecule has 228 valence electrons. The van der Waals surface area contributed by atoms with Gasteiger partial charge >= 0.3 is 11.9 Å². The molecule has 0 N–H and O–H groups in total. The summed E-state index contributed by atoms with van der Waals surface area (Å²) in [5.41, 5.74) is 1.98. The molecule has 3 heterocycles. The molecule has 0 fully saturated rings. The van der Waals surface area contributed by atoms with Crippen molar-refractivity contribution in [2.24, 2.45) is 4.99 Å². The van der Waals surface area contributed by atoms with Gasteiger partial charge in [-0.05, 0) is 62.7 Å². The molecule has 1 atom stereocenters. The summed E-state index contributed by atoms with van der Waals surface area (Å²) in [5, 5.41) is 0. The lowest BCUT2D eigenvalue weighted by molar-refractivity contribution is -0.139. The molecule has 0 bridgehead atoms. The van der Waals surface area contributed by atoms with Crippen LogP contribution in [0.15, 0.2) is 78.5 Å². The van der Waals surface area contributed by atoms with Crippen LogP contribution < -0.4 is 24.4 Å². The van der Waals surface area contributed by atoms with Crippen LogP contribution in [-0.2, 0) is 14.3 Å². The van der Waals surface area contributed by atoms with E-state index < -0.39 is 18.0 Å². The Balaban J connectivity index is 1.65. The minimum atomic E-state index is -0.861. The van der Waals surface area contributed by atoms with Crippen LogP contribution in [0.25, 0.3) is 17.4 Å². The van der Waals surface area contributed by atoms with Crippen molar-refractivity contribution in [3.63, 3.8) is 0 Å². The summed E-state index contributed by atoms with van der Waals surface area (Å²) in [4.78, 5) is 44.4. The number of ether oxygens (including phenoxy) is 4. The van der Waals surface area contributed by atoms with Crippen molar-refractivity contribution >= 4 is 45.3 Å². The highest BCUT2D eigenvalue weighted by molar-refractivity contribution is 9.10. The van der Waals surface area contributed by atoms with Gasteiger partial charge in [0.15, 0.2) is 16.3 Å². The van der Waals surface area contributed by atoms with E-state index in [1.807, 2.05) is 13.0 Å². The largest absolute Gasteiger partial charge is 0.493 e. The van der Waals surface area contributed by atoms with E-state index in [9.17, 15) is 14.4 Å². The summed E-state index contributed by atoms with van der Waals surface area (Å²) in [6.07, 6.45) is 1.63. The quantitative estimate of drug-likeness (QED) is 0.226. The molecule has 0 spiro atoms. The summed E-state index contributed by atoms with van der Waals surface area (Å²) in [6, 6.07) is 13.0. The van der Waals surface area contributed by atoms with Gasteiger partial charge in [-0.15, -0.1) is 0 Å². The Morgan fingerprint density at radius 1 is 1.07 bits per heavy atom. The molecule has 10 nitrogen and oxygen atoms in total. The summed E-state index contributed by atoms with van der Waals surface area (Å²) in [7, 11) is 2.85. The maximum Gasteiger partial charge on any atom is 0.338 e. The third kappa shape index (κ3) is 5.87. The molecule has 1 aliphatic rings. The smallest absolute Gasteiger partial charge is 0.338 e. The minimum absolute atomic E-state index is 0.157. The number of rotatable bonds is 9. The molecule has 0 amide bonds. The van der Waals surface area contributed by atoms with E-state index in [4.69, 9.17) is 23.4 Å². The first-order valence-corrected chi connectivity index (χ1v) is 15.3. The van der Waals surface area contributed by atoms with Crippen molar-refractivity contribution in [1.82, 2.24) is 4.57 Å². The average molecular weight is 682 g/mol. The fraction of sp³-hybridized carbons (Fsp3) is 0.250. The van der Waals surface area contributed by atoms with Gasteiger partial charge in [-0.3, -0.25) is 9.36 Å². The maximum atomic E-state index is 14.0. The molecular weight excluding hydrogens is 652 g/mol. The first-order valence-electron chi connectivity index (χ1n) is 13.7. The van der Waals surface area contributed by atoms with E-state index in [0.29, 0.717) is 65.8 Å². The highest BCUT2D eigenvalue weighted by Crippen LogP contribution is 2.41. The lowest BCUT2D eigenvalue weighted by Crippen LogP contribution is -2.40. The molecule has 12 heteroatoms. The van der Waals surface area contributed by atoms with Gasteiger partial charge in [0.2, 0.25) is 0 Å². The number of allylic oxidation sites excluding steroid dienone is 1. The van der Waals surface area contributed by atoms with Crippen LogP contribution in [0.3, 0.4) is 0 Å². The van der Waals surface area contributed by atoms with Crippen LogP contribution >= 0.6 is 27.3 Å². The number of hydrogen-bond acceptors (Lipinski definition) is 10. The van der Waals surface area contributed by atoms with Crippen molar-refractivity contribution < 1.29 is 33.0 Å². The summed E-state index contributed by atoms with van der Waals surface area (Å²) in [6.45, 7) is 5.89. The second-order valence-corrected chi connectivity index (χ2v) is 11.4. The van der Waals surface area contributed by atoms with Crippen LogP contribution in [0.2, 0.25) is 0 Å². The van der Waals surface area contributed by atoms with Crippen LogP contribution in [0.5, 0.6) is 11.5 Å². The fourth-order valence-corrected chi connectivity index (χ4v) is 6.47. The Bertz CT molecular complexity index is 1970. The molecule has 4 aromatic rings. The molecule has 0 saturated heterocycles. The highest BCUT2D eigenvalue weighted by Gasteiger charge is 2.35. The summed E-state index contributed by atoms with van der Waals surface area (Å²) in [5.74, 6) is 0.877. The van der Waals surface area contributed by atoms with Crippen molar-refractivity contribution in [3.8, 4) is 22.8 Å². The number of carbonyl (C=O) groups is 2. The Labute approximate surface area is 265 Å². The monoisotopic (exact) mass is 680 g/mol.